The zero-order valence-corrected chi connectivity index (χ0v) is 10.7. The Morgan fingerprint density at radius 2 is 1.94 bits per heavy atom. The molecular weight excluding hydrogens is 194 g/mol. The van der Waals surface area contributed by atoms with Crippen molar-refractivity contribution >= 4 is 5.57 Å². The summed E-state index contributed by atoms with van der Waals surface area (Å²) in [5.41, 5.74) is 4.15. The summed E-state index contributed by atoms with van der Waals surface area (Å²) < 4.78 is 0. The van der Waals surface area contributed by atoms with Crippen molar-refractivity contribution in [2.24, 2.45) is 0 Å². The molecule has 1 heteroatoms. The molecule has 1 aromatic rings. The molecule has 1 nitrogen and oxygen atoms in total. The van der Waals surface area contributed by atoms with Gasteiger partial charge in [0.2, 0.25) is 0 Å². The first-order valence-electron chi connectivity index (χ1n) is 5.56. The number of aryl methyl sites for hydroxylation is 1. The predicted molar refractivity (Wildman–Crippen MR) is 73.3 cm³/mol. The first kappa shape index (κ1) is 14.4. The topological polar surface area (TPSA) is 12.9 Å². The van der Waals surface area contributed by atoms with Gasteiger partial charge in [0.25, 0.3) is 0 Å². The molecule has 0 fully saturated rings. The maximum absolute atomic E-state index is 4.34. The lowest BCUT2D eigenvalue weighted by molar-refractivity contribution is 1.22. The Labute approximate surface area is 99.2 Å². The largest absolute Gasteiger partial charge is 0.256 e. The molecule has 0 aromatic carbocycles. The molecule has 0 aliphatic rings. The van der Waals surface area contributed by atoms with Crippen LogP contribution < -0.4 is 0 Å². The standard InChI is InChI=1S/C13H15N.C2H6/c1-5-6-12(10(2)3)13-8-7-11(4)9-14-13;1-2/h5-9H,1-2H2,3-4H3;1-2H3/b12-6+;. The van der Waals surface area contributed by atoms with Crippen LogP contribution in [0.5, 0.6) is 0 Å². The van der Waals surface area contributed by atoms with Crippen LogP contribution in [-0.4, -0.2) is 4.98 Å². The Bertz CT molecular complexity index is 369. The van der Waals surface area contributed by atoms with Crippen LogP contribution in [-0.2, 0) is 0 Å². The molecule has 1 heterocycles. The van der Waals surface area contributed by atoms with E-state index in [1.165, 1.54) is 0 Å². The Kier molecular flexibility index (Phi) is 6.86. The molecule has 0 atom stereocenters. The van der Waals surface area contributed by atoms with E-state index in [2.05, 4.69) is 18.1 Å². The molecule has 0 radical (unpaired) electrons. The van der Waals surface area contributed by atoms with Crippen LogP contribution in [0.1, 0.15) is 32.0 Å². The van der Waals surface area contributed by atoms with E-state index in [9.17, 15) is 0 Å². The zero-order valence-electron chi connectivity index (χ0n) is 10.7. The first-order chi connectivity index (χ1) is 7.65. The van der Waals surface area contributed by atoms with Crippen molar-refractivity contribution in [3.05, 3.63) is 60.5 Å². The van der Waals surface area contributed by atoms with E-state index in [0.29, 0.717) is 0 Å². The molecule has 0 saturated carbocycles. The molecule has 0 unspecified atom stereocenters. The van der Waals surface area contributed by atoms with Gasteiger partial charge in [-0.1, -0.05) is 45.2 Å². The van der Waals surface area contributed by atoms with Gasteiger partial charge in [-0.3, -0.25) is 4.98 Å². The number of nitrogens with zero attached hydrogens (tertiary/aromatic N) is 1. The van der Waals surface area contributed by atoms with E-state index in [0.717, 1.165) is 22.4 Å². The molecule has 0 N–H and O–H groups in total. The number of allylic oxidation sites excluding steroid dienone is 4. The summed E-state index contributed by atoms with van der Waals surface area (Å²) in [5.74, 6) is 0. The number of hydrogen-bond acceptors (Lipinski definition) is 1. The Morgan fingerprint density at radius 3 is 2.31 bits per heavy atom. The van der Waals surface area contributed by atoms with Crippen molar-refractivity contribution in [2.75, 3.05) is 0 Å². The lowest BCUT2D eigenvalue weighted by Crippen LogP contribution is -1.90. The van der Waals surface area contributed by atoms with E-state index < -0.39 is 0 Å². The lowest BCUT2D eigenvalue weighted by atomic mass is 10.0. The SMILES string of the molecule is C=C/C=C(\C(=C)C)c1ccc(C)cn1.CC. The van der Waals surface area contributed by atoms with E-state index >= 15 is 0 Å². The van der Waals surface area contributed by atoms with Gasteiger partial charge >= 0.3 is 0 Å². The molecule has 0 aliphatic carbocycles. The lowest BCUT2D eigenvalue weighted by Gasteiger charge is -2.05. The quantitative estimate of drug-likeness (QED) is 0.673. The van der Waals surface area contributed by atoms with E-state index in [1.807, 2.05) is 52.1 Å². The fourth-order valence-electron chi connectivity index (χ4n) is 1.19. The fraction of sp³-hybridized carbons (Fsp3) is 0.267. The molecular formula is C15H21N. The van der Waals surface area contributed by atoms with Crippen LogP contribution in [0, 0.1) is 6.92 Å². The van der Waals surface area contributed by atoms with Crippen LogP contribution in [0.4, 0.5) is 0 Å². The number of aromatic nitrogens is 1. The molecule has 0 spiro atoms. The Morgan fingerprint density at radius 1 is 1.31 bits per heavy atom. The van der Waals surface area contributed by atoms with Gasteiger partial charge in [-0.05, 0) is 31.1 Å². The minimum absolute atomic E-state index is 0.947. The van der Waals surface area contributed by atoms with Gasteiger partial charge in [-0.15, -0.1) is 0 Å². The van der Waals surface area contributed by atoms with Gasteiger partial charge in [-0.2, -0.15) is 0 Å². The van der Waals surface area contributed by atoms with Crippen molar-refractivity contribution in [1.29, 1.82) is 0 Å². The average molecular weight is 215 g/mol. The van der Waals surface area contributed by atoms with Gasteiger partial charge in [0.05, 0.1) is 5.69 Å². The first-order valence-corrected chi connectivity index (χ1v) is 5.56. The minimum atomic E-state index is 0.947. The van der Waals surface area contributed by atoms with E-state index in [1.54, 1.807) is 6.08 Å². The van der Waals surface area contributed by atoms with Crippen molar-refractivity contribution in [2.45, 2.75) is 27.7 Å². The van der Waals surface area contributed by atoms with Crippen molar-refractivity contribution in [1.82, 2.24) is 4.98 Å². The highest BCUT2D eigenvalue weighted by Crippen LogP contribution is 2.19. The summed E-state index contributed by atoms with van der Waals surface area (Å²) in [6, 6.07) is 4.04. The second-order valence-corrected chi connectivity index (χ2v) is 3.32. The normalized spacial score (nSPS) is 10.1. The summed E-state index contributed by atoms with van der Waals surface area (Å²) in [5, 5.41) is 0. The highest BCUT2D eigenvalue weighted by Gasteiger charge is 2.01. The summed E-state index contributed by atoms with van der Waals surface area (Å²) >= 11 is 0. The Balaban J connectivity index is 0.00000106. The third-order valence-electron chi connectivity index (χ3n) is 1.93. The third-order valence-corrected chi connectivity index (χ3v) is 1.93. The summed E-state index contributed by atoms with van der Waals surface area (Å²) in [7, 11) is 0. The summed E-state index contributed by atoms with van der Waals surface area (Å²) in [6.07, 6.45) is 5.54. The number of pyridine rings is 1. The smallest absolute Gasteiger partial charge is 0.0704 e. The fourth-order valence-corrected chi connectivity index (χ4v) is 1.19. The monoisotopic (exact) mass is 215 g/mol. The maximum Gasteiger partial charge on any atom is 0.0704 e. The highest BCUT2D eigenvalue weighted by molar-refractivity contribution is 5.76. The van der Waals surface area contributed by atoms with Crippen molar-refractivity contribution in [3.63, 3.8) is 0 Å². The maximum atomic E-state index is 4.34. The molecule has 0 saturated heterocycles. The van der Waals surface area contributed by atoms with Crippen LogP contribution in [0.15, 0.2) is 49.2 Å². The molecule has 1 aromatic heterocycles. The van der Waals surface area contributed by atoms with Crippen LogP contribution in [0.25, 0.3) is 5.57 Å². The Hall–Kier alpha value is -1.63. The van der Waals surface area contributed by atoms with Gasteiger partial charge in [0, 0.05) is 11.8 Å². The zero-order chi connectivity index (χ0) is 12.6. The molecule has 0 aliphatic heterocycles. The molecule has 16 heavy (non-hydrogen) atoms. The van der Waals surface area contributed by atoms with Gasteiger partial charge in [-0.25, -0.2) is 0 Å². The van der Waals surface area contributed by atoms with Crippen LogP contribution in [0.3, 0.4) is 0 Å². The van der Waals surface area contributed by atoms with Gasteiger partial charge < -0.3 is 0 Å². The predicted octanol–water partition coefficient (Wildman–Crippen LogP) is 4.56. The second-order valence-electron chi connectivity index (χ2n) is 3.32. The minimum Gasteiger partial charge on any atom is -0.256 e. The molecule has 86 valence electrons. The van der Waals surface area contributed by atoms with Gasteiger partial charge in [0.1, 0.15) is 0 Å². The van der Waals surface area contributed by atoms with Crippen molar-refractivity contribution in [3.8, 4) is 0 Å². The van der Waals surface area contributed by atoms with Crippen LogP contribution >= 0.6 is 0 Å². The highest BCUT2D eigenvalue weighted by atomic mass is 14.7. The van der Waals surface area contributed by atoms with E-state index in [-0.39, 0.29) is 0 Å². The number of hydrogen-bond donors (Lipinski definition) is 0. The van der Waals surface area contributed by atoms with Crippen molar-refractivity contribution < 1.29 is 0 Å². The van der Waals surface area contributed by atoms with Gasteiger partial charge in [0.15, 0.2) is 0 Å². The third kappa shape index (κ3) is 4.26. The second kappa shape index (κ2) is 7.63. The number of rotatable bonds is 3. The van der Waals surface area contributed by atoms with Crippen LogP contribution in [0.2, 0.25) is 0 Å². The summed E-state index contributed by atoms with van der Waals surface area (Å²) in [4.78, 5) is 4.34. The molecule has 1 rings (SSSR count). The average Bonchev–Trinajstić information content (AvgIpc) is 2.30. The summed E-state index contributed by atoms with van der Waals surface area (Å²) in [6.45, 7) is 15.6. The molecule has 0 amide bonds. The molecule has 0 bridgehead atoms. The van der Waals surface area contributed by atoms with E-state index in [4.69, 9.17) is 0 Å².